The summed E-state index contributed by atoms with van der Waals surface area (Å²) in [7, 11) is 0. The van der Waals surface area contributed by atoms with Crippen LogP contribution in [0, 0.1) is 20.8 Å². The number of furan rings is 2. The van der Waals surface area contributed by atoms with Crippen molar-refractivity contribution in [3.05, 3.63) is 191 Å². The Morgan fingerprint density at radius 1 is 0.356 bits per heavy atom. The highest BCUT2D eigenvalue weighted by atomic mass is 16.3. The van der Waals surface area contributed by atoms with Gasteiger partial charge in [-0.2, -0.15) is 0 Å². The van der Waals surface area contributed by atoms with E-state index in [1.807, 2.05) is 0 Å². The Kier molecular flexibility index (Phi) is 10.7. The first-order valence-corrected chi connectivity index (χ1v) is 26.3. The third-order valence-electron chi connectivity index (χ3n) is 15.8. The Morgan fingerprint density at radius 3 is 1.23 bits per heavy atom. The van der Waals surface area contributed by atoms with Gasteiger partial charge in [-0.3, -0.25) is 0 Å². The molecular weight excluding hydrogens is 889 g/mol. The zero-order valence-corrected chi connectivity index (χ0v) is 44.8. The molecule has 0 aliphatic rings. The van der Waals surface area contributed by atoms with Crippen molar-refractivity contribution >= 4 is 110 Å². The Morgan fingerprint density at radius 2 is 0.767 bits per heavy atom. The van der Waals surface area contributed by atoms with E-state index in [1.54, 1.807) is 0 Å². The molecule has 0 atom stereocenters. The van der Waals surface area contributed by atoms with Crippen LogP contribution in [0.5, 0.6) is 0 Å². The Labute approximate surface area is 430 Å². The highest BCUT2D eigenvalue weighted by Crippen LogP contribution is 2.54. The second kappa shape index (κ2) is 16.7. The molecule has 0 saturated carbocycles. The molecule has 0 saturated heterocycles. The summed E-state index contributed by atoms with van der Waals surface area (Å²) in [5.41, 5.74) is 18.6. The molecule has 0 amide bonds. The molecule has 12 rings (SSSR count). The van der Waals surface area contributed by atoms with Crippen LogP contribution in [-0.2, 0) is 10.8 Å². The van der Waals surface area contributed by atoms with Gasteiger partial charge >= 0.3 is 0 Å². The minimum atomic E-state index is -0.104. The molecule has 0 aliphatic carbocycles. The van der Waals surface area contributed by atoms with Gasteiger partial charge in [0.1, 0.15) is 11.2 Å². The van der Waals surface area contributed by atoms with Crippen LogP contribution in [-0.4, -0.2) is 0 Å². The van der Waals surface area contributed by atoms with Crippen molar-refractivity contribution < 1.29 is 8.83 Å². The Balaban J connectivity index is 1.22. The summed E-state index contributed by atoms with van der Waals surface area (Å²) in [6.45, 7) is 29.7. The zero-order chi connectivity index (χ0) is 51.0. The second-order valence-electron chi connectivity index (χ2n) is 23.4. The van der Waals surface area contributed by atoms with Crippen molar-refractivity contribution in [3.8, 4) is 0 Å². The Bertz CT molecular complexity index is 4150. The highest BCUT2D eigenvalue weighted by Gasteiger charge is 2.31. The molecule has 2 aromatic heterocycles. The lowest BCUT2D eigenvalue weighted by Crippen LogP contribution is -2.15. The lowest BCUT2D eigenvalue weighted by molar-refractivity contribution is 0.572. The second-order valence-corrected chi connectivity index (χ2v) is 23.4. The van der Waals surface area contributed by atoms with Crippen molar-refractivity contribution in [3.63, 3.8) is 0 Å². The number of nitrogens with zero attached hydrogens (tertiary/aromatic N) is 2. The van der Waals surface area contributed by atoms with Crippen molar-refractivity contribution in [2.24, 2.45) is 0 Å². The van der Waals surface area contributed by atoms with Crippen LogP contribution < -0.4 is 9.80 Å². The molecule has 4 nitrogen and oxygen atoms in total. The molecule has 0 fully saturated rings. The number of rotatable bonds is 8. The highest BCUT2D eigenvalue weighted by molar-refractivity contribution is 6.30. The number of hydrogen-bond donors (Lipinski definition) is 0. The molecule has 12 aromatic rings. The molecule has 2 heterocycles. The van der Waals surface area contributed by atoms with Crippen molar-refractivity contribution in [1.29, 1.82) is 0 Å². The van der Waals surface area contributed by atoms with E-state index < -0.39 is 0 Å². The third kappa shape index (κ3) is 7.15. The summed E-state index contributed by atoms with van der Waals surface area (Å²) < 4.78 is 14.5. The van der Waals surface area contributed by atoms with Crippen molar-refractivity contribution in [1.82, 2.24) is 0 Å². The molecule has 10 aromatic carbocycles. The van der Waals surface area contributed by atoms with E-state index in [0.29, 0.717) is 0 Å². The molecule has 0 N–H and O–H groups in total. The van der Waals surface area contributed by atoms with Gasteiger partial charge in [-0.1, -0.05) is 191 Å². The van der Waals surface area contributed by atoms with Crippen LogP contribution in [0.1, 0.15) is 120 Å². The number of anilines is 6. The third-order valence-corrected chi connectivity index (χ3v) is 15.8. The first kappa shape index (κ1) is 46.5. The molecule has 0 spiro atoms. The van der Waals surface area contributed by atoms with Gasteiger partial charge in [-0.15, -0.1) is 0 Å². The van der Waals surface area contributed by atoms with Crippen LogP contribution >= 0.6 is 0 Å². The zero-order valence-electron chi connectivity index (χ0n) is 44.8. The van der Waals surface area contributed by atoms with Crippen LogP contribution in [0.2, 0.25) is 0 Å². The van der Waals surface area contributed by atoms with Gasteiger partial charge in [0.25, 0.3) is 0 Å². The number of para-hydroxylation sites is 4. The van der Waals surface area contributed by atoms with E-state index in [1.165, 1.54) is 60.1 Å². The minimum absolute atomic E-state index is 0.102. The quantitative estimate of drug-likeness (QED) is 0.142. The summed E-state index contributed by atoms with van der Waals surface area (Å²) in [6, 6.07) is 56.7. The largest absolute Gasteiger partial charge is 0.454 e. The number of hydrogen-bond acceptors (Lipinski definition) is 4. The SMILES string of the molecule is Cc1ccccc1N(c1cc(C(C)C)c2ccc3c(N(c4ccccc4)c4c(C)ccc5c4oc4c(C(C)(C)C)cccc45)cc(C(C)C)c4ccc1c2c43)c1c(C)ccc2c1oc1c(C(C)(C)C)cccc12. The lowest BCUT2D eigenvalue weighted by atomic mass is 9.84. The van der Waals surface area contributed by atoms with E-state index >= 15 is 0 Å². The molecule has 4 heteroatoms. The number of fused-ring (bicyclic) bond motifs is 6. The van der Waals surface area contributed by atoms with Crippen LogP contribution in [0.4, 0.5) is 34.1 Å². The van der Waals surface area contributed by atoms with Gasteiger partial charge in [0.2, 0.25) is 0 Å². The Hall–Kier alpha value is -7.56. The smallest absolute Gasteiger partial charge is 0.159 e. The van der Waals surface area contributed by atoms with Gasteiger partial charge in [0.15, 0.2) is 11.2 Å². The molecule has 0 unspecified atom stereocenters. The fraction of sp³-hybridized carbons (Fsp3) is 0.246. The monoisotopic (exact) mass is 955 g/mol. The predicted octanol–water partition coefficient (Wildman–Crippen LogP) is 21.1. The van der Waals surface area contributed by atoms with Gasteiger partial charge in [-0.25, -0.2) is 0 Å². The van der Waals surface area contributed by atoms with E-state index in [0.717, 1.165) is 89.1 Å². The van der Waals surface area contributed by atoms with E-state index in [4.69, 9.17) is 8.83 Å². The molecule has 73 heavy (non-hydrogen) atoms. The van der Waals surface area contributed by atoms with Crippen LogP contribution in [0.25, 0.3) is 76.2 Å². The maximum absolute atomic E-state index is 7.28. The molecule has 364 valence electrons. The topological polar surface area (TPSA) is 32.8 Å². The summed E-state index contributed by atoms with van der Waals surface area (Å²) in [5.74, 6) is 0.466. The average Bonchev–Trinajstić information content (AvgIpc) is 3.93. The average molecular weight is 955 g/mol. The first-order valence-electron chi connectivity index (χ1n) is 26.3. The van der Waals surface area contributed by atoms with Gasteiger partial charge in [-0.05, 0) is 123 Å². The van der Waals surface area contributed by atoms with Crippen molar-refractivity contribution in [2.75, 3.05) is 9.80 Å². The number of aryl methyl sites for hydroxylation is 3. The molecular formula is C69H66N2O2. The van der Waals surface area contributed by atoms with Crippen LogP contribution in [0.3, 0.4) is 0 Å². The van der Waals surface area contributed by atoms with E-state index in [9.17, 15) is 0 Å². The van der Waals surface area contributed by atoms with Crippen molar-refractivity contribution in [2.45, 2.75) is 113 Å². The molecule has 0 radical (unpaired) electrons. The predicted molar refractivity (Wildman–Crippen MR) is 314 cm³/mol. The van der Waals surface area contributed by atoms with E-state index in [2.05, 4.69) is 251 Å². The van der Waals surface area contributed by atoms with E-state index in [-0.39, 0.29) is 22.7 Å². The summed E-state index contributed by atoms with van der Waals surface area (Å²) >= 11 is 0. The lowest BCUT2D eigenvalue weighted by Gasteiger charge is -2.33. The maximum atomic E-state index is 7.28. The van der Waals surface area contributed by atoms with Gasteiger partial charge < -0.3 is 18.6 Å². The normalized spacial score (nSPS) is 12.7. The standard InChI is InChI=1S/C69H66N2O2/c1-39(2)53-37-58(70(44-22-15-14-16-23-44)62-42(6)29-31-49-47-24-19-26-55(68(8,9)10)64(47)72-66(49)62)51-35-33-46-54(40(3)4)38-59(52-36-34-45(53)60(51)61(46)52)71(57-28-18-17-21-41(57)5)63-43(7)30-32-50-48-25-20-27-56(69(11,12)13)65(48)73-67(50)63/h14-40H,1-13H3. The summed E-state index contributed by atoms with van der Waals surface area (Å²) in [4.78, 5) is 5.03. The molecule has 0 aliphatic heterocycles. The minimum Gasteiger partial charge on any atom is -0.454 e. The van der Waals surface area contributed by atoms with Crippen LogP contribution in [0.15, 0.2) is 160 Å². The fourth-order valence-electron chi connectivity index (χ4n) is 12.1. The first-order chi connectivity index (χ1) is 34.9. The summed E-state index contributed by atoms with van der Waals surface area (Å²) in [6.07, 6.45) is 0. The summed E-state index contributed by atoms with van der Waals surface area (Å²) in [5, 5.41) is 12.1. The fourth-order valence-corrected chi connectivity index (χ4v) is 12.1. The maximum Gasteiger partial charge on any atom is 0.159 e. The van der Waals surface area contributed by atoms with Gasteiger partial charge in [0, 0.05) is 54.8 Å². The number of benzene rings is 10. The molecule has 0 bridgehead atoms. The van der Waals surface area contributed by atoms with Gasteiger partial charge in [0.05, 0.1) is 22.7 Å².